The van der Waals surface area contributed by atoms with Gasteiger partial charge < -0.3 is 10.1 Å². The number of pyridine rings is 1. The van der Waals surface area contributed by atoms with E-state index in [4.69, 9.17) is 4.74 Å². The number of rotatable bonds is 10. The lowest BCUT2D eigenvalue weighted by atomic mass is 10.4. The first kappa shape index (κ1) is 16.2. The van der Waals surface area contributed by atoms with Gasteiger partial charge in [0, 0.05) is 32.5 Å². The Bertz CT molecular complexity index is 544. The number of aromatic nitrogens is 1. The van der Waals surface area contributed by atoms with Gasteiger partial charge in [-0.25, -0.2) is 18.1 Å². The normalized spacial score (nSPS) is 15.1. The maximum atomic E-state index is 12.2. The van der Waals surface area contributed by atoms with Crippen LogP contribution in [0.2, 0.25) is 0 Å². The van der Waals surface area contributed by atoms with Crippen molar-refractivity contribution in [3.63, 3.8) is 0 Å². The summed E-state index contributed by atoms with van der Waals surface area (Å²) >= 11 is 0. The fraction of sp³-hybridized carbons (Fsp3) is 0.643. The molecule has 7 heteroatoms. The molecule has 1 fully saturated rings. The first-order valence-corrected chi connectivity index (χ1v) is 8.88. The molecule has 1 aliphatic rings. The second kappa shape index (κ2) is 7.72. The van der Waals surface area contributed by atoms with Gasteiger partial charge >= 0.3 is 0 Å². The van der Waals surface area contributed by atoms with Crippen molar-refractivity contribution < 1.29 is 13.2 Å². The molecule has 118 valence electrons. The Labute approximate surface area is 126 Å². The molecule has 0 radical (unpaired) electrons. The molecule has 1 heterocycles. The van der Waals surface area contributed by atoms with E-state index in [9.17, 15) is 8.42 Å². The Kier molecular flexibility index (Phi) is 5.96. The van der Waals surface area contributed by atoms with Gasteiger partial charge in [0.2, 0.25) is 0 Å². The first-order chi connectivity index (χ1) is 10.1. The SMILES string of the molecule is CCNc1cccnc1S(=O)(=O)NCCCOCC1CC1. The molecule has 0 bridgehead atoms. The van der Waals surface area contributed by atoms with E-state index in [1.807, 2.05) is 6.92 Å². The van der Waals surface area contributed by atoms with E-state index in [1.165, 1.54) is 19.0 Å². The Morgan fingerprint density at radius 3 is 2.95 bits per heavy atom. The van der Waals surface area contributed by atoms with Crippen LogP contribution in [-0.4, -0.2) is 39.7 Å². The molecule has 0 unspecified atom stereocenters. The number of hydrogen-bond acceptors (Lipinski definition) is 5. The molecular formula is C14H23N3O3S. The van der Waals surface area contributed by atoms with Gasteiger partial charge in [-0.2, -0.15) is 0 Å². The van der Waals surface area contributed by atoms with Crippen molar-refractivity contribution in [2.24, 2.45) is 5.92 Å². The van der Waals surface area contributed by atoms with Gasteiger partial charge in [-0.15, -0.1) is 0 Å². The summed E-state index contributed by atoms with van der Waals surface area (Å²) in [6.45, 7) is 4.30. The van der Waals surface area contributed by atoms with Crippen molar-refractivity contribution in [2.75, 3.05) is 31.6 Å². The zero-order chi connectivity index (χ0) is 15.1. The van der Waals surface area contributed by atoms with Crippen molar-refractivity contribution in [1.82, 2.24) is 9.71 Å². The highest BCUT2D eigenvalue weighted by Gasteiger charge is 2.21. The van der Waals surface area contributed by atoms with Crippen molar-refractivity contribution in [3.05, 3.63) is 18.3 Å². The van der Waals surface area contributed by atoms with Gasteiger partial charge in [0.25, 0.3) is 10.0 Å². The number of nitrogens with zero attached hydrogens (tertiary/aromatic N) is 1. The quantitative estimate of drug-likeness (QED) is 0.641. The van der Waals surface area contributed by atoms with Gasteiger partial charge in [-0.05, 0) is 44.2 Å². The van der Waals surface area contributed by atoms with Crippen LogP contribution in [0.1, 0.15) is 26.2 Å². The van der Waals surface area contributed by atoms with Gasteiger partial charge in [0.05, 0.1) is 5.69 Å². The number of hydrogen-bond donors (Lipinski definition) is 2. The molecule has 0 spiro atoms. The maximum Gasteiger partial charge on any atom is 0.260 e. The smallest absolute Gasteiger partial charge is 0.260 e. The molecule has 0 saturated heterocycles. The molecule has 0 aliphatic heterocycles. The summed E-state index contributed by atoms with van der Waals surface area (Å²) in [7, 11) is -3.58. The minimum absolute atomic E-state index is 0.0470. The molecular weight excluding hydrogens is 290 g/mol. The molecule has 0 atom stereocenters. The predicted molar refractivity (Wildman–Crippen MR) is 81.7 cm³/mol. The minimum atomic E-state index is -3.58. The molecule has 0 aromatic carbocycles. The molecule has 1 aromatic heterocycles. The monoisotopic (exact) mass is 313 g/mol. The van der Waals surface area contributed by atoms with Gasteiger partial charge in [-0.1, -0.05) is 0 Å². The molecule has 2 N–H and O–H groups in total. The number of nitrogens with one attached hydrogen (secondary N) is 2. The van der Waals surface area contributed by atoms with E-state index >= 15 is 0 Å². The third-order valence-electron chi connectivity index (χ3n) is 3.20. The number of sulfonamides is 1. The summed E-state index contributed by atoms with van der Waals surface area (Å²) < 4.78 is 32.5. The summed E-state index contributed by atoms with van der Waals surface area (Å²) in [5.74, 6) is 0.734. The summed E-state index contributed by atoms with van der Waals surface area (Å²) in [5, 5.41) is 3.05. The largest absolute Gasteiger partial charge is 0.383 e. The van der Waals surface area contributed by atoms with E-state index in [0.717, 1.165) is 12.5 Å². The summed E-state index contributed by atoms with van der Waals surface area (Å²) in [6.07, 6.45) is 4.67. The average molecular weight is 313 g/mol. The molecule has 6 nitrogen and oxygen atoms in total. The lowest BCUT2D eigenvalue weighted by Crippen LogP contribution is -2.27. The highest BCUT2D eigenvalue weighted by molar-refractivity contribution is 7.89. The Morgan fingerprint density at radius 2 is 2.24 bits per heavy atom. The van der Waals surface area contributed by atoms with Crippen molar-refractivity contribution >= 4 is 15.7 Å². The first-order valence-electron chi connectivity index (χ1n) is 7.40. The second-order valence-electron chi connectivity index (χ2n) is 5.16. The van der Waals surface area contributed by atoms with Crippen LogP contribution in [0.4, 0.5) is 5.69 Å². The van der Waals surface area contributed by atoms with Crippen LogP contribution >= 0.6 is 0 Å². The van der Waals surface area contributed by atoms with Crippen LogP contribution in [0, 0.1) is 5.92 Å². The highest BCUT2D eigenvalue weighted by atomic mass is 32.2. The van der Waals surface area contributed by atoms with Crippen LogP contribution in [0.5, 0.6) is 0 Å². The number of anilines is 1. The fourth-order valence-electron chi connectivity index (χ4n) is 1.91. The van der Waals surface area contributed by atoms with Gasteiger partial charge in [-0.3, -0.25) is 0 Å². The second-order valence-corrected chi connectivity index (χ2v) is 6.84. The minimum Gasteiger partial charge on any atom is -0.383 e. The van der Waals surface area contributed by atoms with E-state index < -0.39 is 10.0 Å². The molecule has 1 aromatic rings. The van der Waals surface area contributed by atoms with Crippen molar-refractivity contribution in [2.45, 2.75) is 31.2 Å². The topological polar surface area (TPSA) is 80.3 Å². The Hall–Kier alpha value is -1.18. The standard InChI is InChI=1S/C14H23N3O3S/c1-2-15-13-5-3-8-16-14(13)21(18,19)17-9-4-10-20-11-12-6-7-12/h3,5,8,12,15,17H,2,4,6-7,9-11H2,1H3. The summed E-state index contributed by atoms with van der Waals surface area (Å²) in [5.41, 5.74) is 0.525. The average Bonchev–Trinajstić information content (AvgIpc) is 3.28. The fourth-order valence-corrected chi connectivity index (χ4v) is 3.09. The van der Waals surface area contributed by atoms with Crippen molar-refractivity contribution in [1.29, 1.82) is 0 Å². The number of ether oxygens (including phenoxy) is 1. The van der Waals surface area contributed by atoms with Crippen LogP contribution in [0.25, 0.3) is 0 Å². The molecule has 1 saturated carbocycles. The molecule has 1 aliphatic carbocycles. The zero-order valence-corrected chi connectivity index (χ0v) is 13.2. The summed E-state index contributed by atoms with van der Waals surface area (Å²) in [6, 6.07) is 3.42. The Morgan fingerprint density at radius 1 is 1.43 bits per heavy atom. The molecule has 0 amide bonds. The van der Waals surface area contributed by atoms with Crippen LogP contribution in [0.15, 0.2) is 23.4 Å². The lowest BCUT2D eigenvalue weighted by molar-refractivity contribution is 0.123. The van der Waals surface area contributed by atoms with Crippen LogP contribution in [-0.2, 0) is 14.8 Å². The zero-order valence-electron chi connectivity index (χ0n) is 12.3. The van der Waals surface area contributed by atoms with E-state index in [2.05, 4.69) is 15.0 Å². The molecule has 2 rings (SSSR count). The highest BCUT2D eigenvalue weighted by Crippen LogP contribution is 2.28. The summed E-state index contributed by atoms with van der Waals surface area (Å²) in [4.78, 5) is 3.97. The Balaban J connectivity index is 1.80. The van der Waals surface area contributed by atoms with Gasteiger partial charge in [0.1, 0.15) is 0 Å². The lowest BCUT2D eigenvalue weighted by Gasteiger charge is -2.11. The maximum absolute atomic E-state index is 12.2. The molecule has 21 heavy (non-hydrogen) atoms. The van der Waals surface area contributed by atoms with Crippen molar-refractivity contribution in [3.8, 4) is 0 Å². The van der Waals surface area contributed by atoms with E-state index in [-0.39, 0.29) is 5.03 Å². The van der Waals surface area contributed by atoms with E-state index in [0.29, 0.717) is 31.8 Å². The van der Waals surface area contributed by atoms with Crippen LogP contribution in [0.3, 0.4) is 0 Å². The third-order valence-corrected chi connectivity index (χ3v) is 4.62. The van der Waals surface area contributed by atoms with E-state index in [1.54, 1.807) is 12.1 Å². The third kappa shape index (κ3) is 5.26. The predicted octanol–water partition coefficient (Wildman–Crippen LogP) is 1.61. The van der Waals surface area contributed by atoms with Gasteiger partial charge in [0.15, 0.2) is 5.03 Å². The van der Waals surface area contributed by atoms with Crippen LogP contribution < -0.4 is 10.0 Å².